The van der Waals surface area contributed by atoms with E-state index in [1.54, 1.807) is 0 Å². The van der Waals surface area contributed by atoms with E-state index in [1.165, 1.54) is 17.5 Å². The van der Waals surface area contributed by atoms with Crippen LogP contribution in [0.1, 0.15) is 29.0 Å². The molecule has 2 nitrogen and oxygen atoms in total. The third kappa shape index (κ3) is 3.06. The quantitative estimate of drug-likeness (QED) is 0.865. The van der Waals surface area contributed by atoms with Crippen molar-refractivity contribution in [2.75, 3.05) is 5.75 Å². The molecule has 2 aromatic carbocycles. The number of hydrogen-bond acceptors (Lipinski definition) is 2. The van der Waals surface area contributed by atoms with Crippen LogP contribution in [0, 0.1) is 11.3 Å². The van der Waals surface area contributed by atoms with E-state index in [0.717, 1.165) is 23.3 Å². The van der Waals surface area contributed by atoms with Gasteiger partial charge in [-0.05, 0) is 48.1 Å². The highest BCUT2D eigenvalue weighted by atomic mass is 32.2. The molecule has 0 saturated carbocycles. The average molecular weight is 295 g/mol. The Morgan fingerprint density at radius 1 is 1.10 bits per heavy atom. The highest BCUT2D eigenvalue weighted by molar-refractivity contribution is 7.85. The van der Waals surface area contributed by atoms with E-state index >= 15 is 0 Å². The lowest BCUT2D eigenvalue weighted by atomic mass is 10.0. The molecule has 1 aliphatic rings. The van der Waals surface area contributed by atoms with Crippen LogP contribution in [0.15, 0.2) is 53.4 Å². The van der Waals surface area contributed by atoms with E-state index < -0.39 is 10.8 Å². The Balaban J connectivity index is 1.78. The average Bonchev–Trinajstić information content (AvgIpc) is 3.00. The summed E-state index contributed by atoms with van der Waals surface area (Å²) in [5.41, 5.74) is 3.65. The topological polar surface area (TPSA) is 40.9 Å². The normalized spacial score (nSPS) is 16.0. The number of aryl methyl sites for hydroxylation is 2. The lowest BCUT2D eigenvalue weighted by molar-refractivity contribution is 0.680. The molecule has 0 aromatic heterocycles. The van der Waals surface area contributed by atoms with Crippen molar-refractivity contribution in [3.05, 3.63) is 65.2 Å². The first-order chi connectivity index (χ1) is 10.3. The molecule has 21 heavy (non-hydrogen) atoms. The van der Waals surface area contributed by atoms with Crippen molar-refractivity contribution in [1.82, 2.24) is 0 Å². The van der Waals surface area contributed by atoms with Gasteiger partial charge in [-0.3, -0.25) is 4.21 Å². The molecule has 106 valence electrons. The van der Waals surface area contributed by atoms with E-state index in [1.807, 2.05) is 36.4 Å². The van der Waals surface area contributed by atoms with Gasteiger partial charge in [0.25, 0.3) is 0 Å². The van der Waals surface area contributed by atoms with E-state index in [2.05, 4.69) is 18.2 Å². The molecule has 0 spiro atoms. The second-order valence-electron chi connectivity index (χ2n) is 5.39. The number of rotatable bonds is 4. The van der Waals surface area contributed by atoms with Gasteiger partial charge in [-0.15, -0.1) is 0 Å². The summed E-state index contributed by atoms with van der Waals surface area (Å²) in [6.45, 7) is 0. The van der Waals surface area contributed by atoms with Gasteiger partial charge in [0.2, 0.25) is 0 Å². The van der Waals surface area contributed by atoms with Gasteiger partial charge in [-0.25, -0.2) is 0 Å². The van der Waals surface area contributed by atoms with Crippen LogP contribution >= 0.6 is 0 Å². The van der Waals surface area contributed by atoms with Crippen LogP contribution in [0.25, 0.3) is 0 Å². The summed E-state index contributed by atoms with van der Waals surface area (Å²) in [4.78, 5) is 0.854. The lowest BCUT2D eigenvalue weighted by Gasteiger charge is -2.10. The van der Waals surface area contributed by atoms with E-state index in [9.17, 15) is 9.47 Å². The Morgan fingerprint density at radius 3 is 2.62 bits per heavy atom. The number of fused-ring (bicyclic) bond motifs is 1. The van der Waals surface area contributed by atoms with Crippen LogP contribution in [0.3, 0.4) is 0 Å². The molecular formula is C18H17NOS. The first-order valence-corrected chi connectivity index (χ1v) is 8.54. The summed E-state index contributed by atoms with van der Waals surface area (Å²) in [6, 6.07) is 18.0. The first kappa shape index (κ1) is 14.0. The number of hydrogen-bond donors (Lipinski definition) is 0. The second-order valence-corrected chi connectivity index (χ2v) is 6.88. The van der Waals surface area contributed by atoms with Gasteiger partial charge < -0.3 is 0 Å². The third-order valence-corrected chi connectivity index (χ3v) is 5.42. The van der Waals surface area contributed by atoms with Crippen LogP contribution in [-0.4, -0.2) is 9.96 Å². The lowest BCUT2D eigenvalue weighted by Crippen LogP contribution is -2.08. The Kier molecular flexibility index (Phi) is 4.17. The highest BCUT2D eigenvalue weighted by Crippen LogP contribution is 2.25. The molecule has 2 atom stereocenters. The monoisotopic (exact) mass is 295 g/mol. The van der Waals surface area contributed by atoms with Crippen LogP contribution in [0.4, 0.5) is 0 Å². The molecule has 2 unspecified atom stereocenters. The zero-order valence-corrected chi connectivity index (χ0v) is 12.6. The molecule has 0 heterocycles. The van der Waals surface area contributed by atoms with Crippen LogP contribution in [0.2, 0.25) is 0 Å². The molecule has 0 aliphatic heterocycles. The van der Waals surface area contributed by atoms with Gasteiger partial charge in [0, 0.05) is 10.6 Å². The van der Waals surface area contributed by atoms with Gasteiger partial charge in [0.15, 0.2) is 0 Å². The molecule has 0 fully saturated rings. The van der Waals surface area contributed by atoms with Gasteiger partial charge in [-0.1, -0.05) is 36.4 Å². The van der Waals surface area contributed by atoms with Gasteiger partial charge >= 0.3 is 0 Å². The fraction of sp³-hybridized carbons (Fsp3) is 0.278. The van der Waals surface area contributed by atoms with Crippen molar-refractivity contribution in [1.29, 1.82) is 5.26 Å². The molecule has 0 saturated heterocycles. The molecule has 3 heteroatoms. The summed E-state index contributed by atoms with van der Waals surface area (Å²) in [5.74, 6) is 0.0412. The molecule has 2 aromatic rings. The fourth-order valence-electron chi connectivity index (χ4n) is 2.83. The largest absolute Gasteiger partial charge is 0.254 e. The predicted molar refractivity (Wildman–Crippen MR) is 84.5 cm³/mol. The van der Waals surface area contributed by atoms with Gasteiger partial charge in [0.05, 0.1) is 22.8 Å². The molecule has 0 amide bonds. The van der Waals surface area contributed by atoms with E-state index in [-0.39, 0.29) is 5.92 Å². The maximum atomic E-state index is 12.5. The van der Waals surface area contributed by atoms with E-state index in [4.69, 9.17) is 0 Å². The van der Waals surface area contributed by atoms with Crippen molar-refractivity contribution in [2.45, 2.75) is 30.1 Å². The SMILES string of the molecule is N#CC(CS(=O)c1ccc2c(c1)CCC2)c1ccccc1. The zero-order valence-electron chi connectivity index (χ0n) is 11.8. The van der Waals surface area contributed by atoms with Gasteiger partial charge in [0.1, 0.15) is 0 Å². The second kappa shape index (κ2) is 6.24. The predicted octanol–water partition coefficient (Wildman–Crippen LogP) is 3.59. The number of benzene rings is 2. The smallest absolute Gasteiger partial charge is 0.0831 e. The van der Waals surface area contributed by atoms with Crippen molar-refractivity contribution in [3.8, 4) is 6.07 Å². The molecule has 3 rings (SSSR count). The highest BCUT2D eigenvalue weighted by Gasteiger charge is 2.18. The Bertz CT molecular complexity index is 703. The van der Waals surface area contributed by atoms with Crippen molar-refractivity contribution >= 4 is 10.8 Å². The standard InChI is InChI=1S/C18H17NOS/c19-12-17(14-5-2-1-3-6-14)13-21(20)18-10-9-15-7-4-8-16(15)11-18/h1-3,5-6,9-11,17H,4,7-8,13H2. The van der Waals surface area contributed by atoms with Crippen LogP contribution in [0.5, 0.6) is 0 Å². The maximum Gasteiger partial charge on any atom is 0.0831 e. The van der Waals surface area contributed by atoms with Gasteiger partial charge in [-0.2, -0.15) is 5.26 Å². The van der Waals surface area contributed by atoms with Crippen LogP contribution < -0.4 is 0 Å². The minimum Gasteiger partial charge on any atom is -0.254 e. The minimum absolute atomic E-state index is 0.319. The van der Waals surface area contributed by atoms with E-state index in [0.29, 0.717) is 5.75 Å². The zero-order chi connectivity index (χ0) is 14.7. The molecule has 0 N–H and O–H groups in total. The Hall–Kier alpha value is -1.92. The Morgan fingerprint density at radius 2 is 1.86 bits per heavy atom. The molecule has 0 radical (unpaired) electrons. The molecule has 1 aliphatic carbocycles. The summed E-state index contributed by atoms with van der Waals surface area (Å²) in [7, 11) is -1.13. The van der Waals surface area contributed by atoms with Crippen LogP contribution in [-0.2, 0) is 23.6 Å². The maximum absolute atomic E-state index is 12.5. The third-order valence-electron chi connectivity index (χ3n) is 4.01. The Labute approximate surface area is 127 Å². The summed E-state index contributed by atoms with van der Waals surface area (Å²) >= 11 is 0. The van der Waals surface area contributed by atoms with Crippen molar-refractivity contribution in [3.63, 3.8) is 0 Å². The number of nitrogens with zero attached hydrogens (tertiary/aromatic N) is 1. The fourth-order valence-corrected chi connectivity index (χ4v) is 4.09. The molecule has 0 bridgehead atoms. The first-order valence-electron chi connectivity index (χ1n) is 7.22. The van der Waals surface area contributed by atoms with Crippen molar-refractivity contribution in [2.24, 2.45) is 0 Å². The van der Waals surface area contributed by atoms with Crippen molar-refractivity contribution < 1.29 is 4.21 Å². The summed E-state index contributed by atoms with van der Waals surface area (Å²) in [6.07, 6.45) is 3.41. The summed E-state index contributed by atoms with van der Waals surface area (Å²) in [5, 5.41) is 9.35. The molecular weight excluding hydrogens is 278 g/mol. The summed E-state index contributed by atoms with van der Waals surface area (Å²) < 4.78 is 12.5. The minimum atomic E-state index is -1.13. The number of nitriles is 1.